The van der Waals surface area contributed by atoms with Crippen molar-refractivity contribution in [3.8, 4) is 0 Å². The maximum atomic E-state index is 8.82. The van der Waals surface area contributed by atoms with Crippen molar-refractivity contribution >= 4 is 11.8 Å². The fraction of sp³-hybridized carbons (Fsp3) is 1.00. The molecule has 0 saturated heterocycles. The van der Waals surface area contributed by atoms with E-state index < -0.39 is 0 Å². The summed E-state index contributed by atoms with van der Waals surface area (Å²) >= 11 is 1.99. The highest BCUT2D eigenvalue weighted by molar-refractivity contribution is 7.99. The molecule has 1 nitrogen and oxygen atoms in total. The molecule has 0 radical (unpaired) electrons. The van der Waals surface area contributed by atoms with Gasteiger partial charge in [-0.3, -0.25) is 0 Å². The number of hydrogen-bond acceptors (Lipinski definition) is 2. The van der Waals surface area contributed by atoms with Gasteiger partial charge in [0.25, 0.3) is 0 Å². The average Bonchev–Trinajstić information content (AvgIpc) is 2.21. The molecule has 0 aromatic rings. The Hall–Kier alpha value is 0.310. The Bertz CT molecular complexity index is 106. The van der Waals surface area contributed by atoms with Crippen molar-refractivity contribution in [2.24, 2.45) is 5.92 Å². The van der Waals surface area contributed by atoms with E-state index in [2.05, 4.69) is 13.8 Å². The Morgan fingerprint density at radius 3 is 2.36 bits per heavy atom. The van der Waals surface area contributed by atoms with Gasteiger partial charge in [0.05, 0.1) is 0 Å². The summed E-state index contributed by atoms with van der Waals surface area (Å²) in [5, 5.41) is 8.82. The largest absolute Gasteiger partial charge is 0.396 e. The van der Waals surface area contributed by atoms with Gasteiger partial charge < -0.3 is 5.11 Å². The summed E-state index contributed by atoms with van der Waals surface area (Å²) in [6, 6.07) is 0. The minimum atomic E-state index is 0.337. The summed E-state index contributed by atoms with van der Waals surface area (Å²) in [5.41, 5.74) is 0. The summed E-state index contributed by atoms with van der Waals surface area (Å²) in [7, 11) is 0. The van der Waals surface area contributed by atoms with Crippen LogP contribution in [-0.2, 0) is 0 Å². The van der Waals surface area contributed by atoms with Crippen molar-refractivity contribution in [2.45, 2.75) is 52.4 Å². The number of aliphatic hydroxyl groups is 1. The highest BCUT2D eigenvalue weighted by Gasteiger charge is 1.98. The minimum Gasteiger partial charge on any atom is -0.396 e. The van der Waals surface area contributed by atoms with Crippen LogP contribution in [0, 0.1) is 5.92 Å². The fourth-order valence-electron chi connectivity index (χ4n) is 1.32. The molecule has 0 aliphatic heterocycles. The third-order valence-electron chi connectivity index (χ3n) is 2.36. The molecule has 1 N–H and O–H groups in total. The van der Waals surface area contributed by atoms with Gasteiger partial charge >= 0.3 is 0 Å². The second-order valence-corrected chi connectivity index (χ2v) is 5.28. The Morgan fingerprint density at radius 2 is 1.71 bits per heavy atom. The average molecular weight is 218 g/mol. The molecule has 1 atom stereocenters. The number of unbranched alkanes of at least 4 members (excludes halogenated alkanes) is 5. The van der Waals surface area contributed by atoms with Crippen molar-refractivity contribution in [1.29, 1.82) is 0 Å². The summed E-state index contributed by atoms with van der Waals surface area (Å²) in [5.74, 6) is 2.86. The van der Waals surface area contributed by atoms with Crippen LogP contribution in [0.5, 0.6) is 0 Å². The molecule has 2 heteroatoms. The van der Waals surface area contributed by atoms with Crippen LogP contribution in [0.1, 0.15) is 52.4 Å². The molecule has 0 rings (SSSR count). The van der Waals surface area contributed by atoms with Crippen LogP contribution in [0.3, 0.4) is 0 Å². The van der Waals surface area contributed by atoms with Gasteiger partial charge in [-0.25, -0.2) is 0 Å². The SMILES string of the molecule is CCCCCCCCSCC(C)CO. The molecule has 14 heavy (non-hydrogen) atoms. The van der Waals surface area contributed by atoms with E-state index in [1.165, 1.54) is 44.3 Å². The number of aliphatic hydroxyl groups excluding tert-OH is 1. The van der Waals surface area contributed by atoms with Gasteiger partial charge in [0.1, 0.15) is 0 Å². The third kappa shape index (κ3) is 10.4. The zero-order chi connectivity index (χ0) is 10.6. The van der Waals surface area contributed by atoms with Crippen LogP contribution < -0.4 is 0 Å². The Labute approximate surface area is 93.7 Å². The van der Waals surface area contributed by atoms with Crippen molar-refractivity contribution in [3.05, 3.63) is 0 Å². The lowest BCUT2D eigenvalue weighted by atomic mass is 10.1. The molecule has 0 aromatic carbocycles. The van der Waals surface area contributed by atoms with Crippen LogP contribution in [0.4, 0.5) is 0 Å². The van der Waals surface area contributed by atoms with E-state index in [9.17, 15) is 0 Å². The molecule has 0 bridgehead atoms. The molecule has 0 fully saturated rings. The van der Waals surface area contributed by atoms with Gasteiger partial charge in [-0.1, -0.05) is 46.0 Å². The van der Waals surface area contributed by atoms with Crippen molar-refractivity contribution in [3.63, 3.8) is 0 Å². The second-order valence-electron chi connectivity index (χ2n) is 4.13. The predicted octanol–water partition coefficient (Wildman–Crippen LogP) is 3.71. The van der Waals surface area contributed by atoms with Crippen molar-refractivity contribution < 1.29 is 5.11 Å². The molecule has 1 unspecified atom stereocenters. The molecule has 86 valence electrons. The first-order valence-corrected chi connectivity index (χ1v) is 7.15. The van der Waals surface area contributed by atoms with Gasteiger partial charge in [-0.2, -0.15) is 11.8 Å². The van der Waals surface area contributed by atoms with Gasteiger partial charge in [0, 0.05) is 6.61 Å². The van der Waals surface area contributed by atoms with E-state index in [-0.39, 0.29) is 0 Å². The van der Waals surface area contributed by atoms with E-state index in [4.69, 9.17) is 5.11 Å². The van der Waals surface area contributed by atoms with Crippen LogP contribution in [0.2, 0.25) is 0 Å². The second kappa shape index (κ2) is 11.4. The minimum absolute atomic E-state index is 0.337. The molecule has 0 saturated carbocycles. The first-order valence-electron chi connectivity index (χ1n) is 5.99. The van der Waals surface area contributed by atoms with E-state index >= 15 is 0 Å². The lowest BCUT2D eigenvalue weighted by Gasteiger charge is -2.06. The predicted molar refractivity (Wildman–Crippen MR) is 67.0 cm³/mol. The molecule has 0 aromatic heterocycles. The molecule has 0 aliphatic rings. The lowest BCUT2D eigenvalue weighted by Crippen LogP contribution is -2.03. The van der Waals surface area contributed by atoms with Crippen LogP contribution in [0.15, 0.2) is 0 Å². The van der Waals surface area contributed by atoms with E-state index in [0.29, 0.717) is 12.5 Å². The summed E-state index contributed by atoms with van der Waals surface area (Å²) < 4.78 is 0. The van der Waals surface area contributed by atoms with Crippen LogP contribution in [-0.4, -0.2) is 23.2 Å². The van der Waals surface area contributed by atoms with E-state index in [1.807, 2.05) is 11.8 Å². The first kappa shape index (κ1) is 14.3. The van der Waals surface area contributed by atoms with Gasteiger partial charge in [0.2, 0.25) is 0 Å². The normalized spacial score (nSPS) is 13.1. The van der Waals surface area contributed by atoms with Gasteiger partial charge in [-0.15, -0.1) is 0 Å². The van der Waals surface area contributed by atoms with Gasteiger partial charge in [-0.05, 0) is 23.8 Å². The highest BCUT2D eigenvalue weighted by atomic mass is 32.2. The summed E-state index contributed by atoms with van der Waals surface area (Å²) in [6.07, 6.45) is 8.29. The lowest BCUT2D eigenvalue weighted by molar-refractivity contribution is 0.250. The number of hydrogen-bond donors (Lipinski definition) is 1. The summed E-state index contributed by atoms with van der Waals surface area (Å²) in [4.78, 5) is 0. The Morgan fingerprint density at radius 1 is 1.07 bits per heavy atom. The van der Waals surface area contributed by atoms with Crippen molar-refractivity contribution in [2.75, 3.05) is 18.1 Å². The summed E-state index contributed by atoms with van der Waals surface area (Å²) in [6.45, 7) is 4.70. The zero-order valence-corrected chi connectivity index (χ0v) is 10.6. The smallest absolute Gasteiger partial charge is 0.0464 e. The van der Waals surface area contributed by atoms with E-state index in [1.54, 1.807) is 0 Å². The fourth-order valence-corrected chi connectivity index (χ4v) is 2.40. The Kier molecular flexibility index (Phi) is 11.6. The quantitative estimate of drug-likeness (QED) is 0.564. The third-order valence-corrected chi connectivity index (χ3v) is 3.74. The van der Waals surface area contributed by atoms with Crippen molar-refractivity contribution in [1.82, 2.24) is 0 Å². The Balaban J connectivity index is 2.92. The zero-order valence-electron chi connectivity index (χ0n) is 9.80. The monoisotopic (exact) mass is 218 g/mol. The number of thioether (sulfide) groups is 1. The topological polar surface area (TPSA) is 20.2 Å². The van der Waals surface area contributed by atoms with Crippen LogP contribution >= 0.6 is 11.8 Å². The van der Waals surface area contributed by atoms with Crippen LogP contribution in [0.25, 0.3) is 0 Å². The van der Waals surface area contributed by atoms with Gasteiger partial charge in [0.15, 0.2) is 0 Å². The standard InChI is InChI=1S/C12H26OS/c1-3-4-5-6-7-8-9-14-11-12(2)10-13/h12-13H,3-11H2,1-2H3. The maximum absolute atomic E-state index is 8.82. The molecule has 0 spiro atoms. The molecule has 0 heterocycles. The molecular weight excluding hydrogens is 192 g/mol. The highest BCUT2D eigenvalue weighted by Crippen LogP contribution is 2.12. The van der Waals surface area contributed by atoms with E-state index in [0.717, 1.165) is 5.75 Å². The maximum Gasteiger partial charge on any atom is 0.0464 e. The molecule has 0 amide bonds. The first-order chi connectivity index (χ1) is 6.81. The molecular formula is C12H26OS. The molecule has 0 aliphatic carbocycles. The number of rotatable bonds is 10.